The van der Waals surface area contributed by atoms with Crippen molar-refractivity contribution in [1.82, 2.24) is 15.2 Å². The number of ether oxygens (including phenoxy) is 1. The largest absolute Gasteiger partial charge is 0.490 e. The Labute approximate surface area is 98.8 Å². The summed E-state index contributed by atoms with van der Waals surface area (Å²) in [6.45, 7) is 3.82. The van der Waals surface area contributed by atoms with E-state index in [1.54, 1.807) is 18.2 Å². The summed E-state index contributed by atoms with van der Waals surface area (Å²) in [5.41, 5.74) is 0.484. The third-order valence-electron chi connectivity index (χ3n) is 2.12. The lowest BCUT2D eigenvalue weighted by molar-refractivity contribution is 0.102. The van der Waals surface area contributed by atoms with Crippen LogP contribution >= 0.6 is 0 Å². The van der Waals surface area contributed by atoms with Crippen LogP contribution in [0.2, 0.25) is 0 Å². The lowest BCUT2D eigenvalue weighted by atomic mass is 10.1. The smallest absolute Gasteiger partial charge is 0.233 e. The normalized spacial score (nSPS) is 10.5. The van der Waals surface area contributed by atoms with Crippen LogP contribution in [0.25, 0.3) is 0 Å². The summed E-state index contributed by atoms with van der Waals surface area (Å²) in [6, 6.07) is 7.10. The maximum Gasteiger partial charge on any atom is 0.233 e. The molecule has 0 saturated carbocycles. The Morgan fingerprint density at radius 1 is 1.35 bits per heavy atom. The second kappa shape index (κ2) is 4.78. The van der Waals surface area contributed by atoms with E-state index < -0.39 is 0 Å². The van der Waals surface area contributed by atoms with Crippen LogP contribution in [-0.2, 0) is 0 Å². The van der Waals surface area contributed by atoms with Crippen LogP contribution in [0.15, 0.2) is 30.6 Å². The van der Waals surface area contributed by atoms with Gasteiger partial charge in [-0.15, -0.1) is 0 Å². The monoisotopic (exact) mass is 231 g/mol. The van der Waals surface area contributed by atoms with Crippen molar-refractivity contribution in [2.24, 2.45) is 0 Å². The van der Waals surface area contributed by atoms with Crippen molar-refractivity contribution in [3.63, 3.8) is 0 Å². The van der Waals surface area contributed by atoms with Crippen molar-refractivity contribution in [1.29, 1.82) is 0 Å². The van der Waals surface area contributed by atoms with E-state index >= 15 is 0 Å². The number of nitrogens with zero attached hydrogens (tertiary/aromatic N) is 2. The van der Waals surface area contributed by atoms with Crippen LogP contribution in [-0.4, -0.2) is 27.1 Å². The summed E-state index contributed by atoms with van der Waals surface area (Å²) in [6.07, 6.45) is 1.32. The Balaban J connectivity index is 2.35. The third kappa shape index (κ3) is 2.50. The molecule has 1 heterocycles. The maximum atomic E-state index is 12.1. The van der Waals surface area contributed by atoms with Gasteiger partial charge in [-0.3, -0.25) is 9.89 Å². The topological polar surface area (TPSA) is 67.9 Å². The number of rotatable bonds is 4. The molecule has 17 heavy (non-hydrogen) atoms. The van der Waals surface area contributed by atoms with E-state index in [4.69, 9.17) is 4.74 Å². The van der Waals surface area contributed by atoms with E-state index in [9.17, 15) is 4.79 Å². The van der Waals surface area contributed by atoms with Crippen molar-refractivity contribution < 1.29 is 9.53 Å². The van der Waals surface area contributed by atoms with Crippen LogP contribution in [0.5, 0.6) is 5.75 Å². The number of nitrogens with one attached hydrogen (secondary N) is 1. The molecule has 1 N–H and O–H groups in total. The molecule has 0 bridgehead atoms. The number of hydrogen-bond acceptors (Lipinski definition) is 4. The van der Waals surface area contributed by atoms with Crippen LogP contribution in [0.1, 0.15) is 30.0 Å². The molecule has 0 aliphatic heterocycles. The molecular formula is C12H13N3O2. The van der Waals surface area contributed by atoms with Gasteiger partial charge < -0.3 is 4.74 Å². The van der Waals surface area contributed by atoms with Crippen LogP contribution < -0.4 is 4.74 Å². The van der Waals surface area contributed by atoms with Crippen molar-refractivity contribution in [3.05, 3.63) is 42.0 Å². The molecule has 0 aliphatic rings. The molecule has 0 spiro atoms. The van der Waals surface area contributed by atoms with Crippen molar-refractivity contribution in [3.8, 4) is 5.75 Å². The quantitative estimate of drug-likeness (QED) is 0.815. The fourth-order valence-corrected chi connectivity index (χ4v) is 1.45. The van der Waals surface area contributed by atoms with Gasteiger partial charge in [0.05, 0.1) is 11.7 Å². The van der Waals surface area contributed by atoms with Gasteiger partial charge >= 0.3 is 0 Å². The van der Waals surface area contributed by atoms with E-state index in [2.05, 4.69) is 15.2 Å². The number of benzene rings is 1. The highest BCUT2D eigenvalue weighted by Crippen LogP contribution is 2.21. The average molecular weight is 231 g/mol. The number of aromatic nitrogens is 3. The first-order chi connectivity index (χ1) is 8.18. The fourth-order valence-electron chi connectivity index (χ4n) is 1.45. The van der Waals surface area contributed by atoms with Crippen molar-refractivity contribution >= 4 is 5.78 Å². The number of para-hydroxylation sites is 1. The Kier molecular flexibility index (Phi) is 3.18. The Bertz CT molecular complexity index is 506. The second-order valence-electron chi connectivity index (χ2n) is 3.83. The van der Waals surface area contributed by atoms with Crippen LogP contribution in [0.3, 0.4) is 0 Å². The Morgan fingerprint density at radius 3 is 2.76 bits per heavy atom. The number of aromatic amines is 1. The zero-order valence-corrected chi connectivity index (χ0v) is 9.68. The van der Waals surface area contributed by atoms with E-state index in [-0.39, 0.29) is 17.7 Å². The molecule has 5 nitrogen and oxygen atoms in total. The fraction of sp³-hybridized carbons (Fsp3) is 0.250. The molecule has 0 saturated heterocycles. The molecule has 2 rings (SSSR count). The van der Waals surface area contributed by atoms with Gasteiger partial charge in [0.1, 0.15) is 12.1 Å². The molecule has 0 unspecified atom stereocenters. The first-order valence-corrected chi connectivity index (χ1v) is 5.34. The molecule has 0 radical (unpaired) electrons. The molecule has 1 aromatic carbocycles. The summed E-state index contributed by atoms with van der Waals surface area (Å²) in [5.74, 6) is 0.549. The van der Waals surface area contributed by atoms with Gasteiger partial charge in [-0.2, -0.15) is 5.10 Å². The predicted octanol–water partition coefficient (Wildman–Crippen LogP) is 1.82. The minimum absolute atomic E-state index is 0.0127. The Hall–Kier alpha value is -2.17. The summed E-state index contributed by atoms with van der Waals surface area (Å²) in [7, 11) is 0. The molecule has 1 aromatic heterocycles. The predicted molar refractivity (Wildman–Crippen MR) is 62.0 cm³/mol. The maximum absolute atomic E-state index is 12.1. The number of ketones is 1. The number of carbonyl (C=O) groups excluding carboxylic acids is 1. The van der Waals surface area contributed by atoms with E-state index in [0.717, 1.165) is 0 Å². The van der Waals surface area contributed by atoms with Gasteiger partial charge in [-0.1, -0.05) is 12.1 Å². The minimum atomic E-state index is -0.223. The lowest BCUT2D eigenvalue weighted by Crippen LogP contribution is -2.11. The molecule has 0 atom stereocenters. The van der Waals surface area contributed by atoms with Crippen molar-refractivity contribution in [2.75, 3.05) is 0 Å². The first-order valence-electron chi connectivity index (χ1n) is 5.34. The van der Waals surface area contributed by atoms with Gasteiger partial charge in [0, 0.05) is 0 Å². The van der Waals surface area contributed by atoms with Gasteiger partial charge in [-0.05, 0) is 26.0 Å². The third-order valence-corrected chi connectivity index (χ3v) is 2.12. The highest BCUT2D eigenvalue weighted by atomic mass is 16.5. The number of hydrogen-bond donors (Lipinski definition) is 1. The highest BCUT2D eigenvalue weighted by Gasteiger charge is 2.17. The highest BCUT2D eigenvalue weighted by molar-refractivity contribution is 6.08. The summed E-state index contributed by atoms with van der Waals surface area (Å²) in [5, 5.41) is 6.21. The van der Waals surface area contributed by atoms with Gasteiger partial charge in [0.25, 0.3) is 0 Å². The average Bonchev–Trinajstić information content (AvgIpc) is 2.81. The van der Waals surface area contributed by atoms with Crippen LogP contribution in [0, 0.1) is 0 Å². The summed E-state index contributed by atoms with van der Waals surface area (Å²) < 4.78 is 5.58. The van der Waals surface area contributed by atoms with Crippen molar-refractivity contribution in [2.45, 2.75) is 20.0 Å². The standard InChI is InChI=1S/C12H13N3O2/c1-8(2)17-10-6-4-3-5-9(10)11(16)12-13-7-14-15-12/h3-8H,1-2H3,(H,13,14,15). The zero-order chi connectivity index (χ0) is 12.3. The molecule has 0 fully saturated rings. The van der Waals surface area contributed by atoms with E-state index in [0.29, 0.717) is 11.3 Å². The van der Waals surface area contributed by atoms with E-state index in [1.807, 2.05) is 19.9 Å². The molecular weight excluding hydrogens is 218 g/mol. The van der Waals surface area contributed by atoms with Crippen LogP contribution in [0.4, 0.5) is 0 Å². The molecule has 2 aromatic rings. The Morgan fingerprint density at radius 2 is 2.12 bits per heavy atom. The summed E-state index contributed by atoms with van der Waals surface area (Å²) >= 11 is 0. The SMILES string of the molecule is CC(C)Oc1ccccc1C(=O)c1ncn[nH]1. The first kappa shape index (κ1) is 11.3. The minimum Gasteiger partial charge on any atom is -0.490 e. The molecule has 0 aliphatic carbocycles. The number of H-pyrrole nitrogens is 1. The summed E-state index contributed by atoms with van der Waals surface area (Å²) in [4.78, 5) is 15.9. The molecule has 0 amide bonds. The van der Waals surface area contributed by atoms with Gasteiger partial charge in [0.2, 0.25) is 5.78 Å². The number of carbonyl (C=O) groups is 1. The molecule has 5 heteroatoms. The lowest BCUT2D eigenvalue weighted by Gasteiger charge is -2.12. The zero-order valence-electron chi connectivity index (χ0n) is 9.68. The van der Waals surface area contributed by atoms with Gasteiger partial charge in [0.15, 0.2) is 5.82 Å². The molecule has 88 valence electrons. The van der Waals surface area contributed by atoms with E-state index in [1.165, 1.54) is 6.33 Å². The van der Waals surface area contributed by atoms with Gasteiger partial charge in [-0.25, -0.2) is 4.98 Å². The second-order valence-corrected chi connectivity index (χ2v) is 3.83.